The van der Waals surface area contributed by atoms with E-state index in [1.54, 1.807) is 6.92 Å². The van der Waals surface area contributed by atoms with Gasteiger partial charge in [0.05, 0.1) is 0 Å². The number of carbonyl (C=O) groups excluding carboxylic acids is 2. The zero-order valence-electron chi connectivity index (χ0n) is 18.1. The Kier molecular flexibility index (Phi) is 6.63. The van der Waals surface area contributed by atoms with Crippen molar-refractivity contribution in [2.75, 3.05) is 20.2 Å². The number of hydrogen-bond donors (Lipinski definition) is 2. The number of likely N-dealkylation sites (N-methyl/N-ethyl adjacent to an activating group) is 1. The number of rotatable bonds is 8. The first-order valence-electron chi connectivity index (χ1n) is 10.4. The third-order valence-electron chi connectivity index (χ3n) is 5.66. The maximum absolute atomic E-state index is 12.8. The monoisotopic (exact) mass is 424 g/mol. The predicted molar refractivity (Wildman–Crippen MR) is 117 cm³/mol. The lowest BCUT2D eigenvalue weighted by Gasteiger charge is -2.32. The van der Waals surface area contributed by atoms with Gasteiger partial charge >= 0.3 is 12.1 Å². The molecular weight excluding hydrogens is 396 g/mol. The summed E-state index contributed by atoms with van der Waals surface area (Å²) in [4.78, 5) is 37.5. The second-order valence-corrected chi connectivity index (χ2v) is 8.09. The quantitative estimate of drug-likeness (QED) is 0.675. The van der Waals surface area contributed by atoms with Crippen molar-refractivity contribution >= 4 is 18.0 Å². The van der Waals surface area contributed by atoms with Gasteiger partial charge in [0, 0.05) is 13.0 Å². The van der Waals surface area contributed by atoms with Gasteiger partial charge in [0.15, 0.2) is 0 Å². The largest absolute Gasteiger partial charge is 0.480 e. The van der Waals surface area contributed by atoms with Gasteiger partial charge in [-0.15, -0.1) is 0 Å². The summed E-state index contributed by atoms with van der Waals surface area (Å²) in [7, 11) is 1.41. The number of nitrogens with one attached hydrogen (secondary N) is 1. The van der Waals surface area contributed by atoms with Gasteiger partial charge < -0.3 is 20.1 Å². The number of carboxylic acid groups (broad SMARTS) is 1. The third kappa shape index (κ3) is 4.71. The SMILES string of the molecule is CCCC(C)(NC(=O)OCC1c2ccccc2-c2ccccc21)C(=O)N(C)CC(=O)O. The number of carboxylic acids is 1. The first kappa shape index (κ1) is 22.3. The highest BCUT2D eigenvalue weighted by Gasteiger charge is 2.38. The molecule has 2 aromatic carbocycles. The van der Waals surface area contributed by atoms with Crippen LogP contribution in [-0.2, 0) is 14.3 Å². The Morgan fingerprint density at radius 3 is 2.13 bits per heavy atom. The summed E-state index contributed by atoms with van der Waals surface area (Å²) in [6.45, 7) is 3.19. The molecule has 0 heterocycles. The van der Waals surface area contributed by atoms with Gasteiger partial charge in [-0.2, -0.15) is 0 Å². The van der Waals surface area contributed by atoms with Crippen LogP contribution in [0.5, 0.6) is 0 Å². The molecule has 1 aliphatic carbocycles. The Morgan fingerprint density at radius 2 is 1.61 bits per heavy atom. The summed E-state index contributed by atoms with van der Waals surface area (Å²) in [6.07, 6.45) is 0.294. The van der Waals surface area contributed by atoms with Crippen LogP contribution in [0.2, 0.25) is 0 Å². The molecule has 0 aliphatic heterocycles. The van der Waals surface area contributed by atoms with Gasteiger partial charge in [-0.25, -0.2) is 4.79 Å². The lowest BCUT2D eigenvalue weighted by molar-refractivity contribution is -0.146. The van der Waals surface area contributed by atoms with Crippen LogP contribution in [0.1, 0.15) is 43.7 Å². The molecule has 2 N–H and O–H groups in total. The van der Waals surface area contributed by atoms with Crippen molar-refractivity contribution in [2.45, 2.75) is 38.1 Å². The topological polar surface area (TPSA) is 95.9 Å². The number of amides is 2. The standard InChI is InChI=1S/C24H28N2O5/c1-4-13-24(2,22(29)26(3)14-21(27)28)25-23(30)31-15-20-18-11-7-5-9-16(18)17-10-6-8-12-19(17)20/h5-12,20H,4,13-15H2,1-3H3,(H,25,30)(H,27,28). The summed E-state index contributed by atoms with van der Waals surface area (Å²) < 4.78 is 5.56. The number of nitrogens with zero attached hydrogens (tertiary/aromatic N) is 1. The van der Waals surface area contributed by atoms with E-state index in [-0.39, 0.29) is 12.5 Å². The Bertz CT molecular complexity index is 944. The summed E-state index contributed by atoms with van der Waals surface area (Å²) >= 11 is 0. The predicted octanol–water partition coefficient (Wildman–Crippen LogP) is 3.63. The van der Waals surface area contributed by atoms with E-state index >= 15 is 0 Å². The maximum Gasteiger partial charge on any atom is 0.408 e. The second-order valence-electron chi connectivity index (χ2n) is 8.09. The van der Waals surface area contributed by atoms with Crippen LogP contribution in [0.3, 0.4) is 0 Å². The molecule has 3 rings (SSSR count). The van der Waals surface area contributed by atoms with E-state index in [0.29, 0.717) is 12.8 Å². The molecule has 1 unspecified atom stereocenters. The lowest BCUT2D eigenvalue weighted by Crippen LogP contribution is -2.57. The zero-order valence-corrected chi connectivity index (χ0v) is 18.1. The molecule has 0 radical (unpaired) electrons. The van der Waals surface area contributed by atoms with Crippen molar-refractivity contribution < 1.29 is 24.2 Å². The first-order chi connectivity index (χ1) is 14.8. The van der Waals surface area contributed by atoms with Gasteiger partial charge in [0.1, 0.15) is 18.7 Å². The molecule has 7 heteroatoms. The minimum atomic E-state index is -1.25. The number of benzene rings is 2. The first-order valence-corrected chi connectivity index (χ1v) is 10.4. The van der Waals surface area contributed by atoms with Crippen LogP contribution < -0.4 is 5.32 Å². The van der Waals surface area contributed by atoms with Crippen molar-refractivity contribution in [3.05, 3.63) is 59.7 Å². The molecule has 0 aromatic heterocycles. The molecule has 1 aliphatic rings. The third-order valence-corrected chi connectivity index (χ3v) is 5.66. The molecule has 0 spiro atoms. The fourth-order valence-electron chi connectivity index (χ4n) is 4.28. The number of hydrogen-bond acceptors (Lipinski definition) is 4. The van der Waals surface area contributed by atoms with Gasteiger partial charge in [0.2, 0.25) is 5.91 Å². The molecule has 0 saturated heterocycles. The molecule has 0 bridgehead atoms. The van der Waals surface area contributed by atoms with E-state index in [9.17, 15) is 14.4 Å². The van der Waals surface area contributed by atoms with E-state index < -0.39 is 30.1 Å². The molecule has 7 nitrogen and oxygen atoms in total. The maximum atomic E-state index is 12.8. The van der Waals surface area contributed by atoms with E-state index in [1.807, 2.05) is 43.3 Å². The van der Waals surface area contributed by atoms with Crippen LogP contribution in [0.4, 0.5) is 4.79 Å². The smallest absolute Gasteiger partial charge is 0.408 e. The average molecular weight is 424 g/mol. The highest BCUT2D eigenvalue weighted by molar-refractivity contribution is 5.91. The average Bonchev–Trinajstić information content (AvgIpc) is 3.05. The van der Waals surface area contributed by atoms with Crippen LogP contribution in [0.25, 0.3) is 11.1 Å². The van der Waals surface area contributed by atoms with Crippen LogP contribution in [0, 0.1) is 0 Å². The summed E-state index contributed by atoms with van der Waals surface area (Å²) in [5, 5.41) is 11.6. The fraction of sp³-hybridized carbons (Fsp3) is 0.375. The Labute approximate surface area is 182 Å². The van der Waals surface area contributed by atoms with E-state index in [1.165, 1.54) is 7.05 Å². The van der Waals surface area contributed by atoms with Gasteiger partial charge in [-0.1, -0.05) is 61.9 Å². The van der Waals surface area contributed by atoms with Crippen molar-refractivity contribution in [3.8, 4) is 11.1 Å². The van der Waals surface area contributed by atoms with Crippen LogP contribution >= 0.6 is 0 Å². The molecule has 164 valence electrons. The van der Waals surface area contributed by atoms with E-state index in [2.05, 4.69) is 17.4 Å². The normalized spacial score (nSPS) is 14.2. The second kappa shape index (κ2) is 9.20. The van der Waals surface area contributed by atoms with Crippen molar-refractivity contribution in [1.82, 2.24) is 10.2 Å². The summed E-state index contributed by atoms with van der Waals surface area (Å²) in [5.41, 5.74) is 3.22. The molecule has 0 fully saturated rings. The molecule has 0 saturated carbocycles. The fourth-order valence-corrected chi connectivity index (χ4v) is 4.28. The Morgan fingerprint density at radius 1 is 1.06 bits per heavy atom. The summed E-state index contributed by atoms with van der Waals surface area (Å²) in [6, 6.07) is 16.1. The molecular formula is C24H28N2O5. The van der Waals surface area contributed by atoms with E-state index in [4.69, 9.17) is 9.84 Å². The molecule has 31 heavy (non-hydrogen) atoms. The number of carbonyl (C=O) groups is 3. The molecule has 1 atom stereocenters. The zero-order chi connectivity index (χ0) is 22.6. The van der Waals surface area contributed by atoms with E-state index in [0.717, 1.165) is 27.2 Å². The Balaban J connectivity index is 1.71. The van der Waals surface area contributed by atoms with Crippen molar-refractivity contribution in [3.63, 3.8) is 0 Å². The summed E-state index contributed by atoms with van der Waals surface area (Å²) in [5.74, 6) is -1.66. The number of aliphatic carboxylic acids is 1. The van der Waals surface area contributed by atoms with Crippen molar-refractivity contribution in [2.24, 2.45) is 0 Å². The number of ether oxygens (including phenoxy) is 1. The highest BCUT2D eigenvalue weighted by atomic mass is 16.5. The molecule has 2 aromatic rings. The highest BCUT2D eigenvalue weighted by Crippen LogP contribution is 2.44. The van der Waals surface area contributed by atoms with Gasteiger partial charge in [0.25, 0.3) is 0 Å². The van der Waals surface area contributed by atoms with Gasteiger partial charge in [-0.05, 0) is 35.6 Å². The number of fused-ring (bicyclic) bond motifs is 3. The minimum absolute atomic E-state index is 0.0824. The van der Waals surface area contributed by atoms with Crippen LogP contribution in [-0.4, -0.2) is 53.7 Å². The van der Waals surface area contributed by atoms with Crippen LogP contribution in [0.15, 0.2) is 48.5 Å². The van der Waals surface area contributed by atoms with Crippen molar-refractivity contribution in [1.29, 1.82) is 0 Å². The molecule has 2 amide bonds. The minimum Gasteiger partial charge on any atom is -0.480 e. The number of alkyl carbamates (subject to hydrolysis) is 1. The van der Waals surface area contributed by atoms with Gasteiger partial charge in [-0.3, -0.25) is 9.59 Å². The lowest BCUT2D eigenvalue weighted by atomic mass is 9.94. The Hall–Kier alpha value is -3.35.